The first kappa shape index (κ1) is 25.3. The molecule has 114 valence electrons. The fourth-order valence-electron chi connectivity index (χ4n) is 0.217. The third kappa shape index (κ3) is 32.6. The Hall–Kier alpha value is 1.29. The van der Waals surface area contributed by atoms with E-state index in [1.807, 2.05) is 0 Å². The first-order valence-corrected chi connectivity index (χ1v) is 11.3. The monoisotopic (exact) mass is 460 g/mol. The van der Waals surface area contributed by atoms with Crippen LogP contribution in [0, 0.1) is 0 Å². The molecule has 14 nitrogen and oxygen atoms in total. The van der Waals surface area contributed by atoms with Crippen LogP contribution in [-0.4, -0.2) is 16.6 Å². The molecule has 0 bridgehead atoms. The Labute approximate surface area is 137 Å². The van der Waals surface area contributed by atoms with E-state index in [2.05, 4.69) is 5.68 Å². The Kier molecular flexibility index (Phi) is 11.5. The molecular formula is H5Cr4NaO14. The van der Waals surface area contributed by atoms with Crippen molar-refractivity contribution in [3.05, 3.63) is 0 Å². The Morgan fingerprint density at radius 1 is 0.526 bits per heavy atom. The van der Waals surface area contributed by atoms with Crippen molar-refractivity contribution in [1.82, 2.24) is 0 Å². The average Bonchev–Trinajstić information content (AvgIpc) is 1.64. The molecule has 0 aliphatic carbocycles. The van der Waals surface area contributed by atoms with Crippen LogP contribution in [0.15, 0.2) is 0 Å². The summed E-state index contributed by atoms with van der Waals surface area (Å²) in [6, 6.07) is 0. The summed E-state index contributed by atoms with van der Waals surface area (Å²) in [6.45, 7) is 0. The number of rotatable bonds is 4. The third-order valence-electron chi connectivity index (χ3n) is 0.344. The second kappa shape index (κ2) is 8.66. The molecule has 0 rings (SSSR count). The second-order valence-corrected chi connectivity index (χ2v) is 9.37. The molecule has 0 radical (unpaired) electrons. The molecule has 19 heavy (non-hydrogen) atoms. The van der Waals surface area contributed by atoms with Crippen molar-refractivity contribution in [2.24, 2.45) is 0 Å². The third-order valence-corrected chi connectivity index (χ3v) is 5.85. The van der Waals surface area contributed by atoms with Crippen LogP contribution >= 0.6 is 0 Å². The summed E-state index contributed by atoms with van der Waals surface area (Å²) in [5.41, 5.74) is 0. The fraction of sp³-hybridized carbons (Fsp3) is 0. The van der Waals surface area contributed by atoms with Gasteiger partial charge in [-0.1, -0.05) is 0 Å². The van der Waals surface area contributed by atoms with Crippen LogP contribution in [0.1, 0.15) is 1.43 Å². The van der Waals surface area contributed by atoms with Crippen LogP contribution < -0.4 is 29.6 Å². The van der Waals surface area contributed by atoms with E-state index in [9.17, 15) is 30.4 Å². The van der Waals surface area contributed by atoms with Crippen molar-refractivity contribution in [3.8, 4) is 0 Å². The minimum absolute atomic E-state index is 0. The van der Waals surface area contributed by atoms with Gasteiger partial charge in [0.15, 0.2) is 0 Å². The van der Waals surface area contributed by atoms with Crippen molar-refractivity contribution in [3.63, 3.8) is 0 Å². The van der Waals surface area contributed by atoms with Gasteiger partial charge in [0.1, 0.15) is 0 Å². The van der Waals surface area contributed by atoms with E-state index in [1.165, 1.54) is 0 Å². The van der Waals surface area contributed by atoms with Gasteiger partial charge in [-0.3, -0.25) is 0 Å². The van der Waals surface area contributed by atoms with E-state index < -0.39 is 54.5 Å². The molecule has 4 N–H and O–H groups in total. The normalized spacial score (nSPS) is 12.8. The molecule has 0 aromatic rings. The first-order valence-electron chi connectivity index (χ1n) is 2.73. The molecule has 0 atom stereocenters. The predicted molar refractivity (Wildman–Crippen MR) is 17.6 cm³/mol. The molecule has 0 fully saturated rings. The van der Waals surface area contributed by atoms with Gasteiger partial charge in [-0.05, 0) is 0 Å². The molecule has 0 spiro atoms. The molecule has 0 aromatic carbocycles. The van der Waals surface area contributed by atoms with Crippen molar-refractivity contribution in [2.45, 2.75) is 0 Å². The summed E-state index contributed by atoms with van der Waals surface area (Å²) < 4.78 is 113. The maximum atomic E-state index is 9.53. The van der Waals surface area contributed by atoms with Crippen LogP contribution in [0.5, 0.6) is 0 Å². The Bertz CT molecular complexity index is 537. The molecule has 19 heteroatoms. The zero-order valence-electron chi connectivity index (χ0n) is 9.50. The van der Waals surface area contributed by atoms with Crippen molar-refractivity contribution in [1.29, 1.82) is 0 Å². The van der Waals surface area contributed by atoms with Gasteiger partial charge in [0.05, 0.1) is 0 Å². The summed E-state index contributed by atoms with van der Waals surface area (Å²) in [7, 11) is 0. The summed E-state index contributed by atoms with van der Waals surface area (Å²) >= 11 is -23.0. The minimum atomic E-state index is -5.76. The van der Waals surface area contributed by atoms with Gasteiger partial charge < -0.3 is 1.43 Å². The van der Waals surface area contributed by atoms with Gasteiger partial charge in [-0.15, -0.1) is 0 Å². The second-order valence-electron chi connectivity index (χ2n) is 1.85. The fourth-order valence-corrected chi connectivity index (χ4v) is 3.69. The Morgan fingerprint density at radius 2 is 0.632 bits per heavy atom. The zero-order valence-corrected chi connectivity index (χ0v) is 15.6. The number of hydrogen-bond acceptors (Lipinski definition) is 10. The molecule has 0 amide bonds. The summed E-state index contributed by atoms with van der Waals surface area (Å²) in [6.07, 6.45) is 0. The van der Waals surface area contributed by atoms with Crippen molar-refractivity contribution < 1.29 is 138 Å². The van der Waals surface area contributed by atoms with Crippen molar-refractivity contribution >= 4 is 0 Å². The predicted octanol–water partition coefficient (Wildman–Crippen LogP) is -6.21. The SMILES string of the molecule is [H-].[Na+].[O]=[Cr](=[O])([OH])[O][Cr](=[O])(=[O])[OH].[O]=[Cr](=[O])([OH])[O][Cr](=[O])(=[O])[OH]. The van der Waals surface area contributed by atoms with E-state index in [0.717, 1.165) is 0 Å². The van der Waals surface area contributed by atoms with Gasteiger partial charge in [0.2, 0.25) is 0 Å². The average molecular weight is 460 g/mol. The summed E-state index contributed by atoms with van der Waals surface area (Å²) in [5, 5.41) is 0. The van der Waals surface area contributed by atoms with Gasteiger partial charge in [0, 0.05) is 0 Å². The molecule has 0 aliphatic rings. The van der Waals surface area contributed by atoms with Gasteiger partial charge >= 0.3 is 137 Å². The van der Waals surface area contributed by atoms with Crippen LogP contribution in [0.2, 0.25) is 0 Å². The van der Waals surface area contributed by atoms with E-state index >= 15 is 0 Å². The van der Waals surface area contributed by atoms with Crippen LogP contribution in [-0.2, 0) is 90.6 Å². The Balaban J connectivity index is -0.000000116. The van der Waals surface area contributed by atoms with Crippen LogP contribution in [0.4, 0.5) is 0 Å². The van der Waals surface area contributed by atoms with E-state index in [1.54, 1.807) is 0 Å². The maximum absolute atomic E-state index is 9.53. The molecule has 0 heterocycles. The summed E-state index contributed by atoms with van der Waals surface area (Å²) in [5.74, 6) is 0. The topological polar surface area (TPSA) is 236 Å². The summed E-state index contributed by atoms with van der Waals surface area (Å²) in [4.78, 5) is 0. The van der Waals surface area contributed by atoms with Crippen LogP contribution in [0.3, 0.4) is 0 Å². The zero-order chi connectivity index (χ0) is 15.4. The Morgan fingerprint density at radius 3 is 0.632 bits per heavy atom. The standard InChI is InChI=1S/4Cr.Na.4H2O.10O.H/h;;;;;4*1H2;;;;;;;;;;;/q5*+1;;;;;;;;;;;;;;;-1/p-4. The van der Waals surface area contributed by atoms with Gasteiger partial charge in [-0.25, -0.2) is 0 Å². The van der Waals surface area contributed by atoms with E-state index in [0.29, 0.717) is 0 Å². The number of hydrogen-bond donors (Lipinski definition) is 4. The van der Waals surface area contributed by atoms with Crippen molar-refractivity contribution in [2.75, 3.05) is 0 Å². The van der Waals surface area contributed by atoms with Gasteiger partial charge in [0.25, 0.3) is 0 Å². The van der Waals surface area contributed by atoms with Crippen LogP contribution in [0.25, 0.3) is 0 Å². The molecule has 0 saturated heterocycles. The van der Waals surface area contributed by atoms with Gasteiger partial charge in [-0.2, -0.15) is 0 Å². The molecule has 0 saturated carbocycles. The molecular weight excluding hydrogens is 455 g/mol. The molecule has 0 aromatic heterocycles. The van der Waals surface area contributed by atoms with E-state index in [-0.39, 0.29) is 31.0 Å². The quantitative estimate of drug-likeness (QED) is 0.286. The molecule has 0 unspecified atom stereocenters. The molecule has 0 aliphatic heterocycles. The van der Waals surface area contributed by atoms with E-state index in [4.69, 9.17) is 16.6 Å². The first-order chi connectivity index (χ1) is 7.41.